The molecule has 0 unspecified atom stereocenters. The number of carbonyl (C=O) groups excluding carboxylic acids is 2. The number of nitrogens with zero attached hydrogens (tertiary/aromatic N) is 1. The van der Waals surface area contributed by atoms with Gasteiger partial charge in [-0.15, -0.1) is 0 Å². The lowest BCUT2D eigenvalue weighted by atomic mass is 9.55. The van der Waals surface area contributed by atoms with Crippen LogP contribution in [0.2, 0.25) is 0 Å². The largest absolute Gasteiger partial charge is 0.494 e. The summed E-state index contributed by atoms with van der Waals surface area (Å²) in [5, 5.41) is 0. The van der Waals surface area contributed by atoms with Crippen molar-refractivity contribution in [1.82, 2.24) is 0 Å². The number of hydrogen-bond donors (Lipinski definition) is 0. The third-order valence-electron chi connectivity index (χ3n) is 7.02. The normalized spacial score (nSPS) is 25.3. The van der Waals surface area contributed by atoms with Crippen molar-refractivity contribution in [1.29, 1.82) is 0 Å². The maximum absolute atomic E-state index is 13.7. The van der Waals surface area contributed by atoms with Crippen molar-refractivity contribution >= 4 is 17.5 Å². The summed E-state index contributed by atoms with van der Waals surface area (Å²) in [5.41, 5.74) is 5.40. The molecule has 4 nitrogen and oxygen atoms in total. The summed E-state index contributed by atoms with van der Waals surface area (Å²) < 4.78 is 5.66. The van der Waals surface area contributed by atoms with Crippen LogP contribution in [-0.2, 0) is 9.59 Å². The van der Waals surface area contributed by atoms with Gasteiger partial charge >= 0.3 is 0 Å². The second kappa shape index (κ2) is 6.81. The van der Waals surface area contributed by atoms with Crippen molar-refractivity contribution in [2.75, 3.05) is 11.5 Å². The third kappa shape index (κ3) is 2.48. The van der Waals surface area contributed by atoms with Crippen molar-refractivity contribution in [2.24, 2.45) is 11.8 Å². The van der Waals surface area contributed by atoms with E-state index in [4.69, 9.17) is 4.74 Å². The van der Waals surface area contributed by atoms with E-state index in [2.05, 4.69) is 31.2 Å². The molecule has 0 radical (unpaired) electrons. The molecule has 2 atom stereocenters. The minimum atomic E-state index is -0.349. The van der Waals surface area contributed by atoms with Crippen molar-refractivity contribution in [2.45, 2.75) is 25.2 Å². The maximum atomic E-state index is 13.7. The summed E-state index contributed by atoms with van der Waals surface area (Å²) in [7, 11) is 0. The van der Waals surface area contributed by atoms with E-state index in [-0.39, 0.29) is 35.5 Å². The number of imide groups is 1. The van der Waals surface area contributed by atoms with Crippen LogP contribution in [0.1, 0.15) is 47.4 Å². The lowest BCUT2D eigenvalue weighted by Gasteiger charge is -2.45. The Kier molecular flexibility index (Phi) is 4.04. The lowest BCUT2D eigenvalue weighted by Crippen LogP contribution is -2.41. The molecule has 3 aromatic rings. The molecule has 0 saturated carbocycles. The van der Waals surface area contributed by atoms with E-state index < -0.39 is 0 Å². The van der Waals surface area contributed by atoms with Crippen LogP contribution in [0.15, 0.2) is 72.8 Å². The summed E-state index contributed by atoms with van der Waals surface area (Å²) in [6.07, 6.45) is 0.929. The van der Waals surface area contributed by atoms with Crippen LogP contribution in [0.25, 0.3) is 0 Å². The molecule has 4 aliphatic rings. The van der Waals surface area contributed by atoms with Gasteiger partial charge in [0.05, 0.1) is 24.1 Å². The van der Waals surface area contributed by atoms with E-state index in [1.807, 2.05) is 48.5 Å². The predicted octanol–water partition coefficient (Wildman–Crippen LogP) is 4.87. The van der Waals surface area contributed by atoms with E-state index in [9.17, 15) is 9.59 Å². The van der Waals surface area contributed by atoms with Gasteiger partial charge in [-0.05, 0) is 52.9 Å². The fraction of sp³-hybridized carbons (Fsp3) is 0.259. The Hall–Kier alpha value is -3.40. The molecule has 154 valence electrons. The van der Waals surface area contributed by atoms with E-state index in [1.165, 1.54) is 27.2 Å². The highest BCUT2D eigenvalue weighted by Crippen LogP contribution is 2.61. The zero-order chi connectivity index (χ0) is 21.1. The fourth-order valence-corrected chi connectivity index (χ4v) is 5.84. The van der Waals surface area contributed by atoms with Crippen LogP contribution in [-0.4, -0.2) is 18.4 Å². The number of ether oxygens (including phenoxy) is 1. The van der Waals surface area contributed by atoms with Gasteiger partial charge in [-0.2, -0.15) is 0 Å². The molecule has 1 saturated heterocycles. The molecule has 1 heterocycles. The topological polar surface area (TPSA) is 46.6 Å². The second-order valence-corrected chi connectivity index (χ2v) is 8.62. The van der Waals surface area contributed by atoms with Gasteiger partial charge in [0, 0.05) is 11.8 Å². The summed E-state index contributed by atoms with van der Waals surface area (Å²) in [4.78, 5) is 28.8. The van der Waals surface area contributed by atoms with Crippen LogP contribution in [0.3, 0.4) is 0 Å². The standard InChI is InChI=1S/C27H23NO3/c1-2-15-31-17-13-11-16(12-14-17)28-26(29)24-22-18-7-3-4-8-19(18)23(25(24)27(28)30)21-10-6-5-9-20(21)22/h3-14,22-25H,2,15H2,1H3/t22?,23?,24-,25-/m0/s1. The smallest absolute Gasteiger partial charge is 0.238 e. The Balaban J connectivity index is 1.44. The van der Waals surface area contributed by atoms with Gasteiger partial charge in [0.1, 0.15) is 5.75 Å². The van der Waals surface area contributed by atoms with E-state index in [0.717, 1.165) is 12.2 Å². The van der Waals surface area contributed by atoms with Gasteiger partial charge < -0.3 is 4.74 Å². The lowest BCUT2D eigenvalue weighted by molar-refractivity contribution is -0.122. The Morgan fingerprint density at radius 1 is 0.710 bits per heavy atom. The summed E-state index contributed by atoms with van der Waals surface area (Å²) in [6.45, 7) is 2.70. The average Bonchev–Trinajstić information content (AvgIpc) is 3.09. The first-order valence-electron chi connectivity index (χ1n) is 11.0. The van der Waals surface area contributed by atoms with E-state index in [0.29, 0.717) is 12.3 Å². The Morgan fingerprint density at radius 2 is 1.16 bits per heavy atom. The zero-order valence-corrected chi connectivity index (χ0v) is 17.3. The summed E-state index contributed by atoms with van der Waals surface area (Å²) >= 11 is 0. The Bertz CT molecular complexity index is 1080. The molecular formula is C27H23NO3. The molecular weight excluding hydrogens is 386 g/mol. The maximum Gasteiger partial charge on any atom is 0.238 e. The SMILES string of the molecule is CCCOc1ccc(N2C(=O)[C@H]3C4c5ccccc5C(c5ccccc54)[C@@H]3C2=O)cc1. The average molecular weight is 409 g/mol. The van der Waals surface area contributed by atoms with Gasteiger partial charge in [-0.1, -0.05) is 55.5 Å². The van der Waals surface area contributed by atoms with Crippen molar-refractivity contribution in [3.05, 3.63) is 95.1 Å². The van der Waals surface area contributed by atoms with Crippen LogP contribution >= 0.6 is 0 Å². The number of anilines is 1. The molecule has 0 aromatic heterocycles. The number of amides is 2. The molecule has 3 aliphatic carbocycles. The minimum Gasteiger partial charge on any atom is -0.494 e. The molecule has 0 spiro atoms. The van der Waals surface area contributed by atoms with Crippen LogP contribution < -0.4 is 9.64 Å². The van der Waals surface area contributed by atoms with Crippen LogP contribution in [0, 0.1) is 11.8 Å². The molecule has 1 aliphatic heterocycles. The number of hydrogen-bond acceptors (Lipinski definition) is 3. The quantitative estimate of drug-likeness (QED) is 0.578. The third-order valence-corrected chi connectivity index (χ3v) is 7.02. The van der Waals surface area contributed by atoms with E-state index in [1.54, 1.807) is 0 Å². The fourth-order valence-electron chi connectivity index (χ4n) is 5.84. The van der Waals surface area contributed by atoms with Crippen molar-refractivity contribution < 1.29 is 14.3 Å². The monoisotopic (exact) mass is 409 g/mol. The van der Waals surface area contributed by atoms with Gasteiger partial charge in [0.2, 0.25) is 11.8 Å². The van der Waals surface area contributed by atoms with Crippen molar-refractivity contribution in [3.63, 3.8) is 0 Å². The summed E-state index contributed by atoms with van der Waals surface area (Å²) in [6, 6.07) is 23.9. The molecule has 0 N–H and O–H groups in total. The molecule has 2 bridgehead atoms. The predicted molar refractivity (Wildman–Crippen MR) is 118 cm³/mol. The number of carbonyl (C=O) groups is 2. The number of benzene rings is 3. The Morgan fingerprint density at radius 3 is 1.58 bits per heavy atom. The first-order valence-corrected chi connectivity index (χ1v) is 11.0. The van der Waals surface area contributed by atoms with Crippen LogP contribution in [0.5, 0.6) is 5.75 Å². The molecule has 31 heavy (non-hydrogen) atoms. The summed E-state index contributed by atoms with van der Waals surface area (Å²) in [5.74, 6) is -0.266. The Labute approximate surface area is 181 Å². The minimum absolute atomic E-state index is 0.0731. The molecule has 7 rings (SSSR count). The highest BCUT2D eigenvalue weighted by atomic mass is 16.5. The van der Waals surface area contributed by atoms with Gasteiger partial charge in [-0.25, -0.2) is 4.90 Å². The molecule has 3 aromatic carbocycles. The number of rotatable bonds is 4. The second-order valence-electron chi connectivity index (χ2n) is 8.62. The van der Waals surface area contributed by atoms with Crippen molar-refractivity contribution in [3.8, 4) is 5.75 Å². The van der Waals surface area contributed by atoms with Crippen LogP contribution in [0.4, 0.5) is 5.69 Å². The first-order chi connectivity index (χ1) is 15.2. The zero-order valence-electron chi connectivity index (χ0n) is 17.3. The van der Waals surface area contributed by atoms with Gasteiger partial charge in [0.25, 0.3) is 0 Å². The highest BCUT2D eigenvalue weighted by Gasteiger charge is 2.61. The highest BCUT2D eigenvalue weighted by molar-refractivity contribution is 6.23. The molecule has 1 fully saturated rings. The van der Waals surface area contributed by atoms with E-state index >= 15 is 0 Å². The molecule has 2 amide bonds. The molecule has 4 heteroatoms. The first kappa shape index (κ1) is 18.4. The van der Waals surface area contributed by atoms with Gasteiger partial charge in [0.15, 0.2) is 0 Å². The van der Waals surface area contributed by atoms with Gasteiger partial charge in [-0.3, -0.25) is 9.59 Å².